The van der Waals surface area contributed by atoms with Crippen LogP contribution in [0.3, 0.4) is 0 Å². The van der Waals surface area contributed by atoms with Crippen LogP contribution in [0.5, 0.6) is 0 Å². The Hall–Kier alpha value is -0.880. The molecule has 2 aromatic heterocycles. The van der Waals surface area contributed by atoms with E-state index in [4.69, 9.17) is 34.8 Å². The van der Waals surface area contributed by atoms with E-state index in [1.807, 2.05) is 13.0 Å². The minimum Gasteiger partial charge on any atom is -0.334 e. The lowest BCUT2D eigenvalue weighted by molar-refractivity contribution is 0.0753. The minimum absolute atomic E-state index is 0.0436. The normalized spacial score (nSPS) is 10.6. The molecule has 0 aliphatic heterocycles. The predicted octanol–water partition coefficient (Wildman–Crippen LogP) is 4.16. The van der Waals surface area contributed by atoms with Gasteiger partial charge in [-0.3, -0.25) is 4.79 Å². The first kappa shape index (κ1) is 15.5. The number of rotatable bonds is 4. The standard InChI is InChI=1S/C12H10Cl3N3OS/c1-2-18(6-7-3-4-10(14)20-7)12(19)8-5-9(13)16-17-11(8)15/h3-5H,2,6H2,1H3. The van der Waals surface area contributed by atoms with Crippen molar-refractivity contribution in [3.63, 3.8) is 0 Å². The molecule has 0 aliphatic carbocycles. The van der Waals surface area contributed by atoms with Crippen molar-refractivity contribution in [2.24, 2.45) is 0 Å². The van der Waals surface area contributed by atoms with Gasteiger partial charge in [-0.05, 0) is 25.1 Å². The maximum atomic E-state index is 12.4. The van der Waals surface area contributed by atoms with Gasteiger partial charge in [-0.25, -0.2) is 0 Å². The van der Waals surface area contributed by atoms with Gasteiger partial charge in [-0.2, -0.15) is 0 Å². The second kappa shape index (κ2) is 6.72. The van der Waals surface area contributed by atoms with E-state index in [9.17, 15) is 4.79 Å². The molecule has 106 valence electrons. The van der Waals surface area contributed by atoms with Crippen molar-refractivity contribution in [1.29, 1.82) is 0 Å². The second-order valence-electron chi connectivity index (χ2n) is 3.90. The van der Waals surface area contributed by atoms with Crippen LogP contribution in [-0.4, -0.2) is 27.5 Å². The highest BCUT2D eigenvalue weighted by Gasteiger charge is 2.19. The fourth-order valence-corrected chi connectivity index (χ4v) is 3.05. The van der Waals surface area contributed by atoms with Gasteiger partial charge in [0.15, 0.2) is 10.3 Å². The van der Waals surface area contributed by atoms with Crippen molar-refractivity contribution in [3.05, 3.63) is 43.3 Å². The summed E-state index contributed by atoms with van der Waals surface area (Å²) < 4.78 is 0.690. The van der Waals surface area contributed by atoms with Crippen LogP contribution in [-0.2, 0) is 6.54 Å². The molecule has 2 aromatic rings. The Bertz CT molecular complexity index is 632. The second-order valence-corrected chi connectivity index (χ2v) is 6.44. The molecule has 0 saturated carbocycles. The molecular weight excluding hydrogens is 341 g/mol. The van der Waals surface area contributed by atoms with E-state index in [2.05, 4.69) is 10.2 Å². The lowest BCUT2D eigenvalue weighted by Crippen LogP contribution is -2.30. The van der Waals surface area contributed by atoms with Crippen molar-refractivity contribution in [1.82, 2.24) is 15.1 Å². The molecule has 2 rings (SSSR count). The molecule has 1 amide bonds. The van der Waals surface area contributed by atoms with E-state index in [1.165, 1.54) is 17.4 Å². The molecule has 8 heteroatoms. The molecule has 0 aromatic carbocycles. The summed E-state index contributed by atoms with van der Waals surface area (Å²) in [6.07, 6.45) is 0. The summed E-state index contributed by atoms with van der Waals surface area (Å²) in [6.45, 7) is 2.88. The van der Waals surface area contributed by atoms with E-state index in [1.54, 1.807) is 11.0 Å². The van der Waals surface area contributed by atoms with Gasteiger partial charge in [0.25, 0.3) is 5.91 Å². The first-order chi connectivity index (χ1) is 9.51. The molecule has 0 bridgehead atoms. The van der Waals surface area contributed by atoms with Gasteiger partial charge in [-0.1, -0.05) is 34.8 Å². The quantitative estimate of drug-likeness (QED) is 0.831. The molecule has 0 N–H and O–H groups in total. The summed E-state index contributed by atoms with van der Waals surface area (Å²) in [5.74, 6) is -0.237. The Morgan fingerprint density at radius 1 is 1.30 bits per heavy atom. The number of carbonyl (C=O) groups is 1. The van der Waals surface area contributed by atoms with Crippen molar-refractivity contribution in [3.8, 4) is 0 Å². The Labute approximate surface area is 135 Å². The highest BCUT2D eigenvalue weighted by Crippen LogP contribution is 2.24. The van der Waals surface area contributed by atoms with Crippen molar-refractivity contribution >= 4 is 52.0 Å². The Morgan fingerprint density at radius 3 is 2.65 bits per heavy atom. The van der Waals surface area contributed by atoms with E-state index in [0.717, 1.165) is 4.88 Å². The van der Waals surface area contributed by atoms with E-state index in [0.29, 0.717) is 17.4 Å². The van der Waals surface area contributed by atoms with Crippen molar-refractivity contribution in [2.45, 2.75) is 13.5 Å². The number of thiophene rings is 1. The van der Waals surface area contributed by atoms with Crippen LogP contribution in [0.25, 0.3) is 0 Å². The zero-order chi connectivity index (χ0) is 14.7. The highest BCUT2D eigenvalue weighted by atomic mass is 35.5. The first-order valence-electron chi connectivity index (χ1n) is 5.73. The molecule has 0 atom stereocenters. The predicted molar refractivity (Wildman–Crippen MR) is 81.8 cm³/mol. The van der Waals surface area contributed by atoms with Gasteiger partial charge in [0.1, 0.15) is 0 Å². The van der Waals surface area contributed by atoms with Crippen LogP contribution in [0, 0.1) is 0 Å². The number of carbonyl (C=O) groups excluding carboxylic acids is 1. The minimum atomic E-state index is -0.237. The molecule has 0 saturated heterocycles. The number of aromatic nitrogens is 2. The van der Waals surface area contributed by atoms with E-state index in [-0.39, 0.29) is 21.8 Å². The summed E-state index contributed by atoms with van der Waals surface area (Å²) >= 11 is 19.0. The highest BCUT2D eigenvalue weighted by molar-refractivity contribution is 7.16. The zero-order valence-corrected chi connectivity index (χ0v) is 13.5. The van der Waals surface area contributed by atoms with E-state index >= 15 is 0 Å². The summed E-state index contributed by atoms with van der Waals surface area (Å²) in [5, 5.41) is 7.41. The average Bonchev–Trinajstić information content (AvgIpc) is 2.83. The third kappa shape index (κ3) is 3.61. The van der Waals surface area contributed by atoms with Gasteiger partial charge >= 0.3 is 0 Å². The lowest BCUT2D eigenvalue weighted by Gasteiger charge is -2.20. The maximum Gasteiger partial charge on any atom is 0.257 e. The van der Waals surface area contributed by atoms with Gasteiger partial charge in [0.05, 0.1) is 16.4 Å². The van der Waals surface area contributed by atoms with Gasteiger partial charge in [0, 0.05) is 11.4 Å². The van der Waals surface area contributed by atoms with Gasteiger partial charge in [-0.15, -0.1) is 21.5 Å². The third-order valence-electron chi connectivity index (χ3n) is 2.59. The van der Waals surface area contributed by atoms with Crippen LogP contribution in [0.15, 0.2) is 18.2 Å². The third-order valence-corrected chi connectivity index (χ3v) is 4.27. The summed E-state index contributed by atoms with van der Waals surface area (Å²) in [7, 11) is 0. The Balaban J connectivity index is 2.22. The van der Waals surface area contributed by atoms with Gasteiger partial charge < -0.3 is 4.90 Å². The smallest absolute Gasteiger partial charge is 0.257 e. The van der Waals surface area contributed by atoms with Crippen LogP contribution in [0.1, 0.15) is 22.2 Å². The zero-order valence-electron chi connectivity index (χ0n) is 10.4. The van der Waals surface area contributed by atoms with Crippen molar-refractivity contribution in [2.75, 3.05) is 6.54 Å². The molecule has 0 spiro atoms. The Morgan fingerprint density at radius 2 is 2.05 bits per heavy atom. The summed E-state index contributed by atoms with van der Waals surface area (Å²) in [5.41, 5.74) is 0.246. The SMILES string of the molecule is CCN(Cc1ccc(Cl)s1)C(=O)c1cc(Cl)nnc1Cl. The van der Waals surface area contributed by atoms with Crippen LogP contribution < -0.4 is 0 Å². The molecule has 0 fully saturated rings. The molecule has 20 heavy (non-hydrogen) atoms. The fourth-order valence-electron chi connectivity index (χ4n) is 1.63. The fraction of sp³-hybridized carbons (Fsp3) is 0.250. The topological polar surface area (TPSA) is 46.1 Å². The number of nitrogens with zero attached hydrogens (tertiary/aromatic N) is 3. The van der Waals surface area contributed by atoms with Crippen LogP contribution in [0.4, 0.5) is 0 Å². The van der Waals surface area contributed by atoms with Crippen molar-refractivity contribution < 1.29 is 4.79 Å². The average molecular weight is 351 g/mol. The number of hydrogen-bond donors (Lipinski definition) is 0. The number of amides is 1. The monoisotopic (exact) mass is 349 g/mol. The lowest BCUT2D eigenvalue weighted by atomic mass is 10.2. The number of halogens is 3. The summed E-state index contributed by atoms with van der Waals surface area (Å²) in [6, 6.07) is 5.11. The van der Waals surface area contributed by atoms with Crippen LogP contribution in [0.2, 0.25) is 14.6 Å². The molecule has 0 unspecified atom stereocenters. The molecule has 0 radical (unpaired) electrons. The maximum absolute atomic E-state index is 12.4. The Kier molecular flexibility index (Phi) is 5.21. The van der Waals surface area contributed by atoms with E-state index < -0.39 is 0 Å². The molecule has 2 heterocycles. The molecular formula is C12H10Cl3N3OS. The first-order valence-corrected chi connectivity index (χ1v) is 7.68. The molecule has 0 aliphatic rings. The largest absolute Gasteiger partial charge is 0.334 e. The van der Waals surface area contributed by atoms with Gasteiger partial charge in [0.2, 0.25) is 0 Å². The molecule has 4 nitrogen and oxygen atoms in total. The summed E-state index contributed by atoms with van der Waals surface area (Å²) in [4.78, 5) is 15.1. The van der Waals surface area contributed by atoms with Crippen LogP contribution >= 0.6 is 46.1 Å². The number of hydrogen-bond acceptors (Lipinski definition) is 4.